The van der Waals surface area contributed by atoms with E-state index in [0.29, 0.717) is 0 Å². The van der Waals surface area contributed by atoms with Crippen LogP contribution >= 0.6 is 0 Å². The number of carbonyl (C=O) groups is 1. The molecule has 0 heterocycles. The highest BCUT2D eigenvalue weighted by molar-refractivity contribution is 5.92. The number of carbonyl (C=O) groups excluding carboxylic acids is 1. The predicted molar refractivity (Wildman–Crippen MR) is 39.7 cm³/mol. The number of hydrogen-bond acceptors (Lipinski definition) is 6. The molecule has 0 amide bonds. The molecule has 5 atom stereocenters. The van der Waals surface area contributed by atoms with Crippen LogP contribution in [0.1, 0.15) is 6.92 Å². The highest BCUT2D eigenvalue weighted by Crippen LogP contribution is 2.26. The number of ketones is 1. The average molecular weight is 192 g/mol. The summed E-state index contributed by atoms with van der Waals surface area (Å²) in [6, 6.07) is 0. The van der Waals surface area contributed by atoms with E-state index in [0.717, 1.165) is 6.92 Å². The van der Waals surface area contributed by atoms with E-state index in [1.54, 1.807) is 0 Å². The summed E-state index contributed by atoms with van der Waals surface area (Å²) in [6.07, 6.45) is -7.16. The van der Waals surface area contributed by atoms with Gasteiger partial charge in [-0.3, -0.25) is 4.79 Å². The van der Waals surface area contributed by atoms with Gasteiger partial charge in [0.25, 0.3) is 0 Å². The molecule has 5 N–H and O–H groups in total. The summed E-state index contributed by atoms with van der Waals surface area (Å²) in [5.74, 6) is -1.10. The van der Waals surface area contributed by atoms with Crippen LogP contribution in [0.3, 0.4) is 0 Å². The second kappa shape index (κ2) is 3.00. The van der Waals surface area contributed by atoms with Crippen LogP contribution in [-0.2, 0) is 4.79 Å². The molecule has 0 radical (unpaired) electrons. The highest BCUT2D eigenvalue weighted by atomic mass is 16.4. The zero-order valence-electron chi connectivity index (χ0n) is 6.95. The molecule has 0 spiro atoms. The fraction of sp³-hybridized carbons (Fsp3) is 0.857. The van der Waals surface area contributed by atoms with Crippen LogP contribution in [0, 0.1) is 0 Å². The van der Waals surface area contributed by atoms with E-state index in [1.807, 2.05) is 0 Å². The van der Waals surface area contributed by atoms with Gasteiger partial charge in [-0.25, -0.2) is 0 Å². The van der Waals surface area contributed by atoms with Gasteiger partial charge < -0.3 is 25.5 Å². The fourth-order valence-corrected chi connectivity index (χ4v) is 1.31. The maximum atomic E-state index is 11.1. The third kappa shape index (κ3) is 1.36. The Morgan fingerprint density at radius 2 is 1.62 bits per heavy atom. The Hall–Kier alpha value is -0.530. The second-order valence-electron chi connectivity index (χ2n) is 3.38. The van der Waals surface area contributed by atoms with Gasteiger partial charge in [0, 0.05) is 0 Å². The molecule has 13 heavy (non-hydrogen) atoms. The van der Waals surface area contributed by atoms with Crippen molar-refractivity contribution in [3.63, 3.8) is 0 Å². The Labute approximate surface area is 74.1 Å². The summed E-state index contributed by atoms with van der Waals surface area (Å²) in [5, 5.41) is 45.7. The Balaban J connectivity index is 3.00. The van der Waals surface area contributed by atoms with Gasteiger partial charge in [-0.15, -0.1) is 0 Å². The van der Waals surface area contributed by atoms with Crippen molar-refractivity contribution in [3.05, 3.63) is 0 Å². The first-order valence-electron chi connectivity index (χ1n) is 3.79. The molecule has 0 aromatic heterocycles. The highest BCUT2D eigenvalue weighted by Gasteiger charge is 2.54. The van der Waals surface area contributed by atoms with E-state index in [-0.39, 0.29) is 0 Å². The van der Waals surface area contributed by atoms with Crippen LogP contribution in [0.2, 0.25) is 0 Å². The van der Waals surface area contributed by atoms with Gasteiger partial charge in [0.2, 0.25) is 0 Å². The van der Waals surface area contributed by atoms with Gasteiger partial charge in [0.15, 0.2) is 11.4 Å². The molecule has 1 aliphatic carbocycles. The van der Waals surface area contributed by atoms with Gasteiger partial charge in [-0.05, 0) is 6.92 Å². The summed E-state index contributed by atoms with van der Waals surface area (Å²) >= 11 is 0. The lowest BCUT2D eigenvalue weighted by molar-refractivity contribution is -0.207. The molecular formula is C7H12O6. The van der Waals surface area contributed by atoms with Crippen LogP contribution in [0.5, 0.6) is 0 Å². The Bertz CT molecular complexity index is 225. The van der Waals surface area contributed by atoms with Crippen LogP contribution in [0.4, 0.5) is 0 Å². The van der Waals surface area contributed by atoms with E-state index in [9.17, 15) is 15.0 Å². The lowest BCUT2D eigenvalue weighted by Gasteiger charge is -2.40. The third-order valence-electron chi connectivity index (χ3n) is 2.34. The second-order valence-corrected chi connectivity index (χ2v) is 3.38. The van der Waals surface area contributed by atoms with Gasteiger partial charge in [0.05, 0.1) is 0 Å². The van der Waals surface area contributed by atoms with Gasteiger partial charge in [-0.1, -0.05) is 0 Å². The Morgan fingerprint density at radius 3 is 2.08 bits per heavy atom. The van der Waals surface area contributed by atoms with Crippen molar-refractivity contribution in [2.75, 3.05) is 0 Å². The maximum Gasteiger partial charge on any atom is 0.197 e. The molecule has 6 nitrogen and oxygen atoms in total. The quantitative estimate of drug-likeness (QED) is 0.275. The molecular weight excluding hydrogens is 180 g/mol. The van der Waals surface area contributed by atoms with Crippen molar-refractivity contribution in [2.45, 2.75) is 36.9 Å². The first kappa shape index (κ1) is 10.6. The maximum absolute atomic E-state index is 11.1. The average Bonchev–Trinajstić information content (AvgIpc) is 2.09. The lowest BCUT2D eigenvalue weighted by Crippen LogP contribution is -2.67. The Morgan fingerprint density at radius 1 is 1.15 bits per heavy atom. The minimum atomic E-state index is -2.22. The van der Waals surface area contributed by atoms with Crippen molar-refractivity contribution < 1.29 is 30.3 Å². The van der Waals surface area contributed by atoms with Crippen molar-refractivity contribution in [1.29, 1.82) is 0 Å². The number of aliphatic hydroxyl groups is 5. The third-order valence-corrected chi connectivity index (χ3v) is 2.34. The van der Waals surface area contributed by atoms with Gasteiger partial charge in [-0.2, -0.15) is 0 Å². The number of rotatable bonds is 0. The molecule has 0 unspecified atom stereocenters. The van der Waals surface area contributed by atoms with E-state index in [4.69, 9.17) is 15.3 Å². The monoisotopic (exact) mass is 192 g/mol. The molecule has 6 heteroatoms. The fourth-order valence-electron chi connectivity index (χ4n) is 1.31. The van der Waals surface area contributed by atoms with Crippen molar-refractivity contribution in [3.8, 4) is 0 Å². The van der Waals surface area contributed by atoms with Gasteiger partial charge in [0.1, 0.15) is 24.4 Å². The molecule has 0 aromatic carbocycles. The summed E-state index contributed by atoms with van der Waals surface area (Å²) < 4.78 is 0. The van der Waals surface area contributed by atoms with Crippen LogP contribution in [0.25, 0.3) is 0 Å². The summed E-state index contributed by atoms with van der Waals surface area (Å²) in [7, 11) is 0. The van der Waals surface area contributed by atoms with E-state index >= 15 is 0 Å². The molecule has 1 aliphatic rings. The normalized spacial score (nSPS) is 52.3. The van der Waals surface area contributed by atoms with Crippen molar-refractivity contribution in [1.82, 2.24) is 0 Å². The zero-order valence-corrected chi connectivity index (χ0v) is 6.95. The number of aliphatic hydroxyl groups excluding tert-OH is 4. The van der Waals surface area contributed by atoms with Crippen LogP contribution in [0.15, 0.2) is 0 Å². The molecule has 0 aromatic rings. The molecule has 1 saturated carbocycles. The van der Waals surface area contributed by atoms with Crippen molar-refractivity contribution >= 4 is 5.78 Å². The molecule has 0 aliphatic heterocycles. The smallest absolute Gasteiger partial charge is 0.197 e. The topological polar surface area (TPSA) is 118 Å². The predicted octanol–water partition coefficient (Wildman–Crippen LogP) is -3.24. The lowest BCUT2D eigenvalue weighted by atomic mass is 9.77. The minimum Gasteiger partial charge on any atom is -0.387 e. The first-order chi connectivity index (χ1) is 5.80. The molecule has 1 rings (SSSR count). The summed E-state index contributed by atoms with van der Waals surface area (Å²) in [6.45, 7) is 0.971. The van der Waals surface area contributed by atoms with Crippen molar-refractivity contribution in [2.24, 2.45) is 0 Å². The van der Waals surface area contributed by atoms with E-state index in [1.165, 1.54) is 0 Å². The molecule has 76 valence electrons. The minimum absolute atomic E-state index is 0.971. The van der Waals surface area contributed by atoms with E-state index < -0.39 is 35.8 Å². The first-order valence-corrected chi connectivity index (χ1v) is 3.79. The standard InChI is InChI=1S/C7H12O6/c1-7(13)5(11)3(9)2(8)4(10)6(7)12/h2-5,8-11,13H,1H3/t2-,3+,4-,5-,7+/m0/s1. The number of Topliss-reactive ketones (excluding diaryl/α,β-unsaturated/α-hetero) is 1. The number of hydrogen-bond donors (Lipinski definition) is 5. The summed E-state index contributed by atoms with van der Waals surface area (Å²) in [4.78, 5) is 11.1. The molecule has 0 saturated heterocycles. The van der Waals surface area contributed by atoms with E-state index in [2.05, 4.69) is 0 Å². The Kier molecular flexibility index (Phi) is 2.44. The molecule has 0 bridgehead atoms. The zero-order chi connectivity index (χ0) is 10.4. The van der Waals surface area contributed by atoms with Crippen LogP contribution in [-0.4, -0.2) is 61.3 Å². The SMILES string of the molecule is C[C@]1(O)C(=O)[C@@H](O)[C@@H](O)[C@@H](O)[C@@H]1O. The molecule has 1 fully saturated rings. The van der Waals surface area contributed by atoms with Gasteiger partial charge >= 0.3 is 0 Å². The largest absolute Gasteiger partial charge is 0.387 e. The van der Waals surface area contributed by atoms with Crippen LogP contribution < -0.4 is 0 Å². The summed E-state index contributed by atoms with van der Waals surface area (Å²) in [5.41, 5.74) is -2.22.